The van der Waals surface area contributed by atoms with Gasteiger partial charge in [-0.1, -0.05) is 30.3 Å². The van der Waals surface area contributed by atoms with Gasteiger partial charge in [0.15, 0.2) is 0 Å². The van der Waals surface area contributed by atoms with Gasteiger partial charge >= 0.3 is 0 Å². The van der Waals surface area contributed by atoms with Crippen LogP contribution in [0, 0.1) is 5.41 Å². The Morgan fingerprint density at radius 2 is 1.74 bits per heavy atom. The number of hydrogen-bond donors (Lipinski definition) is 1. The summed E-state index contributed by atoms with van der Waals surface area (Å²) in [6, 6.07) is 10.5. The van der Waals surface area contributed by atoms with Crippen molar-refractivity contribution in [1.29, 1.82) is 0 Å². The van der Waals surface area contributed by atoms with Crippen molar-refractivity contribution in [3.63, 3.8) is 0 Å². The van der Waals surface area contributed by atoms with Crippen molar-refractivity contribution >= 4 is 5.91 Å². The number of nitrogens with zero attached hydrogens (tertiary/aromatic N) is 3. The van der Waals surface area contributed by atoms with Gasteiger partial charge in [0.1, 0.15) is 0 Å². The van der Waals surface area contributed by atoms with E-state index < -0.39 is 0 Å². The number of carbonyl (C=O) groups is 1. The summed E-state index contributed by atoms with van der Waals surface area (Å²) in [6.07, 6.45) is 4.25. The number of carbonyl (C=O) groups excluding carboxylic acids is 1. The molecule has 1 aromatic rings. The fourth-order valence-corrected chi connectivity index (χ4v) is 5.14. The summed E-state index contributed by atoms with van der Waals surface area (Å²) in [5, 5.41) is 3.38. The van der Waals surface area contributed by atoms with Crippen molar-refractivity contribution in [1.82, 2.24) is 20.0 Å². The van der Waals surface area contributed by atoms with Gasteiger partial charge < -0.3 is 15.1 Å². The highest BCUT2D eigenvalue weighted by molar-refractivity contribution is 5.85. The fraction of sp³-hybridized carbons (Fsp3) is 0.682. The summed E-state index contributed by atoms with van der Waals surface area (Å²) in [5.41, 5.74) is 1.18. The van der Waals surface area contributed by atoms with Crippen molar-refractivity contribution in [3.05, 3.63) is 35.9 Å². The molecule has 0 bridgehead atoms. The molecule has 0 radical (unpaired) electrons. The van der Waals surface area contributed by atoms with E-state index in [4.69, 9.17) is 0 Å². The predicted molar refractivity (Wildman–Crippen MR) is 109 cm³/mol. The lowest BCUT2D eigenvalue weighted by molar-refractivity contribution is -0.147. The largest absolute Gasteiger partial charge is 0.340 e. The van der Waals surface area contributed by atoms with Crippen LogP contribution in [0.4, 0.5) is 0 Å². The lowest BCUT2D eigenvalue weighted by Gasteiger charge is -2.49. The highest BCUT2D eigenvalue weighted by atomic mass is 16.2. The second-order valence-electron chi connectivity index (χ2n) is 9.08. The average Bonchev–Trinajstić information content (AvgIpc) is 2.81. The maximum absolute atomic E-state index is 13.7. The van der Waals surface area contributed by atoms with Gasteiger partial charge in [-0.25, -0.2) is 0 Å². The van der Waals surface area contributed by atoms with Gasteiger partial charge in [0.2, 0.25) is 5.91 Å². The predicted octanol–water partition coefficient (Wildman–Crippen LogP) is 1.45. The zero-order chi connectivity index (χ0) is 18.9. The SMILES string of the molecule is CN1CCC2(CC1)CN(C(=O)C1(Cc3ccccc3)CNC1)CCCN2C. The molecule has 0 saturated carbocycles. The van der Waals surface area contributed by atoms with Gasteiger partial charge in [0, 0.05) is 38.3 Å². The van der Waals surface area contributed by atoms with Crippen molar-refractivity contribution < 1.29 is 4.79 Å². The van der Waals surface area contributed by atoms with Crippen LogP contribution in [0.25, 0.3) is 0 Å². The molecule has 3 aliphatic rings. The number of hydrogen-bond acceptors (Lipinski definition) is 4. The molecule has 0 unspecified atom stereocenters. The molecule has 0 aliphatic carbocycles. The van der Waals surface area contributed by atoms with Crippen LogP contribution >= 0.6 is 0 Å². The van der Waals surface area contributed by atoms with E-state index >= 15 is 0 Å². The van der Waals surface area contributed by atoms with E-state index in [-0.39, 0.29) is 11.0 Å². The van der Waals surface area contributed by atoms with Crippen LogP contribution in [-0.4, -0.2) is 86.1 Å². The normalized spacial score (nSPS) is 25.8. The third-order valence-electron chi connectivity index (χ3n) is 7.19. The van der Waals surface area contributed by atoms with Crippen LogP contribution < -0.4 is 5.32 Å². The fourth-order valence-electron chi connectivity index (χ4n) is 5.14. The second kappa shape index (κ2) is 7.53. The number of piperidine rings is 1. The maximum Gasteiger partial charge on any atom is 0.231 e. The van der Waals surface area contributed by atoms with E-state index in [1.54, 1.807) is 0 Å². The molecule has 0 aromatic heterocycles. The number of likely N-dealkylation sites (tertiary alicyclic amines) is 1. The highest BCUT2D eigenvalue weighted by Crippen LogP contribution is 2.35. The van der Waals surface area contributed by atoms with Crippen LogP contribution in [0.15, 0.2) is 30.3 Å². The van der Waals surface area contributed by atoms with Crippen LogP contribution in [0.3, 0.4) is 0 Å². The third-order valence-corrected chi connectivity index (χ3v) is 7.19. The maximum atomic E-state index is 13.7. The number of nitrogens with one attached hydrogen (secondary N) is 1. The smallest absolute Gasteiger partial charge is 0.231 e. The molecule has 27 heavy (non-hydrogen) atoms. The van der Waals surface area contributed by atoms with Crippen LogP contribution in [0.5, 0.6) is 0 Å². The summed E-state index contributed by atoms with van der Waals surface area (Å²) >= 11 is 0. The first-order valence-electron chi connectivity index (χ1n) is 10.5. The Morgan fingerprint density at radius 3 is 2.37 bits per heavy atom. The number of likely N-dealkylation sites (N-methyl/N-ethyl adjacent to an activating group) is 1. The van der Waals surface area contributed by atoms with E-state index in [1.165, 1.54) is 5.56 Å². The first-order chi connectivity index (χ1) is 13.0. The second-order valence-corrected chi connectivity index (χ2v) is 9.08. The molecule has 3 aliphatic heterocycles. The van der Waals surface area contributed by atoms with Gasteiger partial charge in [-0.05, 0) is 58.4 Å². The molecule has 1 amide bonds. The van der Waals surface area contributed by atoms with Gasteiger partial charge in [-0.2, -0.15) is 0 Å². The minimum absolute atomic E-state index is 0.157. The molecule has 3 heterocycles. The lowest BCUT2D eigenvalue weighted by Crippen LogP contribution is -2.65. The summed E-state index contributed by atoms with van der Waals surface area (Å²) in [7, 11) is 4.48. The molecule has 4 rings (SSSR count). The molecule has 1 aromatic carbocycles. The van der Waals surface area contributed by atoms with Gasteiger partial charge in [0.05, 0.1) is 5.41 Å². The van der Waals surface area contributed by atoms with Crippen LogP contribution in [0.2, 0.25) is 0 Å². The third kappa shape index (κ3) is 3.65. The molecule has 1 spiro atoms. The average molecular weight is 371 g/mol. The Hall–Kier alpha value is -1.43. The van der Waals surface area contributed by atoms with E-state index in [1.807, 2.05) is 6.07 Å². The summed E-state index contributed by atoms with van der Waals surface area (Å²) in [5.74, 6) is 0.374. The highest BCUT2D eigenvalue weighted by Gasteiger charge is 2.49. The standard InChI is InChI=1S/C22H34N4O/c1-24-13-9-22(10-14-24)18-26(12-6-11-25(22)2)20(27)21(16-23-17-21)15-19-7-4-3-5-8-19/h3-5,7-8,23H,6,9-18H2,1-2H3. The van der Waals surface area contributed by atoms with E-state index in [0.29, 0.717) is 5.91 Å². The number of amides is 1. The summed E-state index contributed by atoms with van der Waals surface area (Å²) in [6.45, 7) is 6.76. The number of rotatable bonds is 3. The minimum Gasteiger partial charge on any atom is -0.340 e. The monoisotopic (exact) mass is 370 g/mol. The Kier molecular flexibility index (Phi) is 5.28. The minimum atomic E-state index is -0.253. The molecule has 5 heteroatoms. The molecule has 3 fully saturated rings. The van der Waals surface area contributed by atoms with Crippen molar-refractivity contribution in [2.45, 2.75) is 31.2 Å². The molecule has 1 N–H and O–H groups in total. The summed E-state index contributed by atoms with van der Waals surface area (Å²) in [4.78, 5) is 20.9. The molecule has 3 saturated heterocycles. The molecule has 0 atom stereocenters. The van der Waals surface area contributed by atoms with E-state index in [9.17, 15) is 4.79 Å². The summed E-state index contributed by atoms with van der Waals surface area (Å²) < 4.78 is 0. The first-order valence-corrected chi connectivity index (χ1v) is 10.5. The van der Waals surface area contributed by atoms with E-state index in [2.05, 4.69) is 58.4 Å². The van der Waals surface area contributed by atoms with Gasteiger partial charge in [0.25, 0.3) is 0 Å². The molecule has 5 nitrogen and oxygen atoms in total. The van der Waals surface area contributed by atoms with E-state index in [0.717, 1.165) is 71.5 Å². The molecular weight excluding hydrogens is 336 g/mol. The van der Waals surface area contributed by atoms with Crippen molar-refractivity contribution in [3.8, 4) is 0 Å². The zero-order valence-electron chi connectivity index (χ0n) is 16.9. The molecular formula is C22H34N4O. The van der Waals surface area contributed by atoms with Crippen molar-refractivity contribution in [2.24, 2.45) is 5.41 Å². The van der Waals surface area contributed by atoms with Crippen LogP contribution in [-0.2, 0) is 11.2 Å². The lowest BCUT2D eigenvalue weighted by atomic mass is 9.74. The Labute approximate surface area is 163 Å². The Bertz CT molecular complexity index is 650. The first kappa shape index (κ1) is 18.9. The van der Waals surface area contributed by atoms with Gasteiger partial charge in [-0.3, -0.25) is 9.69 Å². The zero-order valence-corrected chi connectivity index (χ0v) is 16.9. The number of benzene rings is 1. The topological polar surface area (TPSA) is 38.8 Å². The Morgan fingerprint density at radius 1 is 1.04 bits per heavy atom. The Balaban J connectivity index is 1.53. The van der Waals surface area contributed by atoms with Gasteiger partial charge in [-0.15, -0.1) is 0 Å². The van der Waals surface area contributed by atoms with Crippen molar-refractivity contribution in [2.75, 3.05) is 59.9 Å². The molecule has 148 valence electrons. The van der Waals surface area contributed by atoms with Crippen LogP contribution in [0.1, 0.15) is 24.8 Å². The quantitative estimate of drug-likeness (QED) is 0.874.